The van der Waals surface area contributed by atoms with Crippen LogP contribution in [0.2, 0.25) is 5.02 Å². The second kappa shape index (κ2) is 14.2. The van der Waals surface area contributed by atoms with E-state index in [1.165, 1.54) is 0 Å². The van der Waals surface area contributed by atoms with Crippen molar-refractivity contribution < 1.29 is 19.1 Å². The van der Waals surface area contributed by atoms with E-state index in [9.17, 15) is 14.4 Å². The number of esters is 1. The van der Waals surface area contributed by atoms with Crippen molar-refractivity contribution >= 4 is 35.5 Å². The fourth-order valence-corrected chi connectivity index (χ4v) is 5.43. The Morgan fingerprint density at radius 1 is 1.20 bits per heavy atom. The predicted octanol–water partition coefficient (Wildman–Crippen LogP) is 6.31. The Bertz CT molecular complexity index is 1320. The Kier molecular flexibility index (Phi) is 11.0. The smallest absolute Gasteiger partial charge is 0.339 e. The number of hydrogen-bond acceptors (Lipinski definition) is 6. The molecule has 2 unspecified atom stereocenters. The van der Waals surface area contributed by atoms with Crippen molar-refractivity contribution in [3.63, 3.8) is 0 Å². The number of anilines is 1. The minimum Gasteiger partial charge on any atom is -0.454 e. The number of carbonyl (C=O) groups excluding carboxylic acids is 3. The zero-order chi connectivity index (χ0) is 29.4. The van der Waals surface area contributed by atoms with Crippen molar-refractivity contribution in [1.82, 2.24) is 10.6 Å². The summed E-state index contributed by atoms with van der Waals surface area (Å²) in [5.41, 5.74) is 5.97. The minimum absolute atomic E-state index is 0.111. The fourth-order valence-electron chi connectivity index (χ4n) is 5.22. The number of benzene rings is 2. The summed E-state index contributed by atoms with van der Waals surface area (Å²) >= 11 is 6.54. The lowest BCUT2D eigenvalue weighted by Crippen LogP contribution is -2.36. The first-order chi connectivity index (χ1) is 19.1. The lowest BCUT2D eigenvalue weighted by molar-refractivity contribution is -0.105. The van der Waals surface area contributed by atoms with Crippen LogP contribution in [0.1, 0.15) is 84.9 Å². The van der Waals surface area contributed by atoms with Gasteiger partial charge in [-0.25, -0.2) is 4.79 Å². The van der Waals surface area contributed by atoms with Gasteiger partial charge < -0.3 is 20.3 Å². The van der Waals surface area contributed by atoms with Crippen LogP contribution < -0.4 is 15.5 Å². The number of hydrogen-bond donors (Lipinski definition) is 2. The molecular weight excluding hydrogens is 526 g/mol. The number of carbonyl (C=O) groups is 3. The third kappa shape index (κ3) is 7.13. The van der Waals surface area contributed by atoms with Gasteiger partial charge in [0.1, 0.15) is 12.4 Å². The van der Waals surface area contributed by atoms with Crippen LogP contribution in [-0.2, 0) is 9.53 Å². The summed E-state index contributed by atoms with van der Waals surface area (Å²) in [6, 6.07) is 11.3. The van der Waals surface area contributed by atoms with Gasteiger partial charge in [0.25, 0.3) is 5.91 Å². The Hall–Kier alpha value is -3.58. The molecule has 40 heavy (non-hydrogen) atoms. The van der Waals surface area contributed by atoms with Crippen LogP contribution in [0.3, 0.4) is 0 Å². The number of ether oxygens (including phenoxy) is 1. The normalized spacial score (nSPS) is 16.0. The van der Waals surface area contributed by atoms with Crippen molar-refractivity contribution in [3.05, 3.63) is 86.6 Å². The average molecular weight is 566 g/mol. The van der Waals surface area contributed by atoms with E-state index in [4.69, 9.17) is 16.3 Å². The maximum absolute atomic E-state index is 13.3. The van der Waals surface area contributed by atoms with Gasteiger partial charge in [-0.15, -0.1) is 0 Å². The summed E-state index contributed by atoms with van der Waals surface area (Å²) < 4.78 is 5.67. The lowest BCUT2D eigenvalue weighted by atomic mass is 9.97. The van der Waals surface area contributed by atoms with E-state index in [2.05, 4.69) is 29.4 Å². The van der Waals surface area contributed by atoms with Crippen LogP contribution in [0.5, 0.6) is 0 Å². The summed E-state index contributed by atoms with van der Waals surface area (Å²) in [7, 11) is 1.81. The maximum atomic E-state index is 13.3. The van der Waals surface area contributed by atoms with E-state index in [0.29, 0.717) is 28.1 Å². The van der Waals surface area contributed by atoms with Crippen molar-refractivity contribution in [2.45, 2.75) is 66.0 Å². The number of fused-ring (bicyclic) bond motifs is 1. The molecule has 0 aliphatic carbocycles. The van der Waals surface area contributed by atoms with Crippen molar-refractivity contribution in [2.75, 3.05) is 25.0 Å². The molecule has 2 atom stereocenters. The van der Waals surface area contributed by atoms with Crippen LogP contribution in [0.15, 0.2) is 59.3 Å². The fraction of sp³-hybridized carbons (Fsp3) is 0.406. The van der Waals surface area contributed by atoms with Crippen LogP contribution in [0.25, 0.3) is 0 Å². The highest BCUT2D eigenvalue weighted by atomic mass is 35.5. The van der Waals surface area contributed by atoms with Gasteiger partial charge in [0.2, 0.25) is 0 Å². The van der Waals surface area contributed by atoms with Crippen LogP contribution in [0.4, 0.5) is 5.69 Å². The molecule has 0 saturated carbocycles. The molecular formula is C32H40ClN3O4. The number of nitrogens with zero attached hydrogens (tertiary/aromatic N) is 1. The van der Waals surface area contributed by atoms with Gasteiger partial charge >= 0.3 is 5.97 Å². The molecule has 8 heteroatoms. The molecule has 3 rings (SSSR count). The maximum Gasteiger partial charge on any atom is 0.339 e. The molecule has 1 aliphatic rings. The topological polar surface area (TPSA) is 87.7 Å². The van der Waals surface area contributed by atoms with Gasteiger partial charge in [-0.1, -0.05) is 36.7 Å². The molecule has 2 N–H and O–H groups in total. The molecule has 2 aromatic carbocycles. The zero-order valence-corrected chi connectivity index (χ0v) is 25.0. The summed E-state index contributed by atoms with van der Waals surface area (Å²) in [5, 5.41) is 6.38. The third-order valence-corrected chi connectivity index (χ3v) is 7.82. The average Bonchev–Trinajstić information content (AvgIpc) is 3.27. The van der Waals surface area contributed by atoms with Crippen LogP contribution in [-0.4, -0.2) is 44.3 Å². The highest BCUT2D eigenvalue weighted by Gasteiger charge is 2.31. The molecule has 1 aliphatic heterocycles. The molecule has 0 radical (unpaired) electrons. The molecule has 1 heterocycles. The first-order valence-electron chi connectivity index (χ1n) is 13.8. The molecule has 0 fully saturated rings. The molecule has 214 valence electrons. The Balaban J connectivity index is 1.80. The quantitative estimate of drug-likeness (QED) is 0.128. The van der Waals surface area contributed by atoms with E-state index in [1.807, 2.05) is 64.2 Å². The van der Waals surface area contributed by atoms with E-state index in [1.54, 1.807) is 6.07 Å². The number of halogens is 1. The SMILES string of the molecule is CCC(CCC1OC(=O)c2ccccc21)N(CC)c1cc(Cl)cc(C(=O)NC/C(C=O)=C(C)/C=C(/C)NC)c1C. The second-order valence-corrected chi connectivity index (χ2v) is 10.5. The van der Waals surface area contributed by atoms with Gasteiger partial charge in [0, 0.05) is 59.3 Å². The molecule has 2 aromatic rings. The lowest BCUT2D eigenvalue weighted by Gasteiger charge is -2.34. The zero-order valence-electron chi connectivity index (χ0n) is 24.3. The molecule has 1 amide bonds. The van der Waals surface area contributed by atoms with Gasteiger partial charge in [0.15, 0.2) is 0 Å². The van der Waals surface area contributed by atoms with Gasteiger partial charge in [-0.2, -0.15) is 0 Å². The Morgan fingerprint density at radius 3 is 2.58 bits per heavy atom. The number of rotatable bonds is 13. The number of nitrogens with one attached hydrogen (secondary N) is 2. The van der Waals surface area contributed by atoms with E-state index >= 15 is 0 Å². The third-order valence-electron chi connectivity index (χ3n) is 7.61. The predicted molar refractivity (Wildman–Crippen MR) is 161 cm³/mol. The second-order valence-electron chi connectivity index (χ2n) is 10.1. The number of aldehydes is 1. The van der Waals surface area contributed by atoms with Crippen LogP contribution >= 0.6 is 11.6 Å². The molecule has 0 bridgehead atoms. The number of amides is 1. The van der Waals surface area contributed by atoms with Crippen LogP contribution in [0, 0.1) is 6.92 Å². The molecule has 0 aromatic heterocycles. The van der Waals surface area contributed by atoms with Crippen molar-refractivity contribution in [3.8, 4) is 0 Å². The first-order valence-corrected chi connectivity index (χ1v) is 14.2. The van der Waals surface area contributed by atoms with Crippen molar-refractivity contribution in [2.24, 2.45) is 0 Å². The highest BCUT2D eigenvalue weighted by Crippen LogP contribution is 2.36. The van der Waals surface area contributed by atoms with Gasteiger partial charge in [-0.3, -0.25) is 9.59 Å². The number of allylic oxidation sites excluding steroid dienone is 3. The van der Waals surface area contributed by atoms with Gasteiger partial charge in [-0.05, 0) is 82.4 Å². The molecule has 7 nitrogen and oxygen atoms in total. The van der Waals surface area contributed by atoms with Gasteiger partial charge in [0.05, 0.1) is 5.56 Å². The summed E-state index contributed by atoms with van der Waals surface area (Å²) in [6.45, 7) is 10.7. The molecule has 0 spiro atoms. The summed E-state index contributed by atoms with van der Waals surface area (Å²) in [4.78, 5) is 39.5. The summed E-state index contributed by atoms with van der Waals surface area (Å²) in [6.07, 6.45) is 4.76. The summed E-state index contributed by atoms with van der Waals surface area (Å²) in [5.74, 6) is -0.556. The standard InChI is InChI=1S/C32H40ClN3O4/c1-7-25(13-14-30-26-11-9-10-12-27(26)32(39)40-30)36(8-2)29-17-24(33)16-28(22(29)5)31(38)35-18-23(19-37)20(3)15-21(4)34-6/h9-12,15-17,19,25,30,34H,7-8,13-14,18H2,1-6H3,(H,35,38)/b21-15-,23-20-. The van der Waals surface area contributed by atoms with Crippen molar-refractivity contribution in [1.29, 1.82) is 0 Å². The molecule has 0 saturated heterocycles. The monoisotopic (exact) mass is 565 g/mol. The van der Waals surface area contributed by atoms with E-state index in [-0.39, 0.29) is 30.6 Å². The van der Waals surface area contributed by atoms with E-state index < -0.39 is 0 Å². The van der Waals surface area contributed by atoms with E-state index in [0.717, 1.165) is 53.8 Å². The Morgan fingerprint density at radius 2 is 1.93 bits per heavy atom. The largest absolute Gasteiger partial charge is 0.454 e. The highest BCUT2D eigenvalue weighted by molar-refractivity contribution is 6.31. The first kappa shape index (κ1) is 31.0. The number of cyclic esters (lactones) is 1. The Labute approximate surface area is 242 Å². The minimum atomic E-state index is -0.290.